The summed E-state index contributed by atoms with van der Waals surface area (Å²) in [6, 6.07) is 10.0. The Bertz CT molecular complexity index is 1050. The summed E-state index contributed by atoms with van der Waals surface area (Å²) in [6.45, 7) is 2.59. The van der Waals surface area contributed by atoms with Gasteiger partial charge in [-0.1, -0.05) is 49.6 Å². The highest BCUT2D eigenvalue weighted by molar-refractivity contribution is 7.12. The number of carbonyl (C=O) groups is 2. The molecule has 2 aromatic rings. The van der Waals surface area contributed by atoms with Crippen LogP contribution in [0.3, 0.4) is 0 Å². The van der Waals surface area contributed by atoms with E-state index >= 15 is 0 Å². The Balaban J connectivity index is 1.39. The Morgan fingerprint density at radius 2 is 1.81 bits per heavy atom. The fourth-order valence-electron chi connectivity index (χ4n) is 6.31. The second-order valence-electron chi connectivity index (χ2n) is 10.8. The average Bonchev–Trinajstić information content (AvgIpc) is 3.59. The van der Waals surface area contributed by atoms with Gasteiger partial charge in [0, 0.05) is 17.3 Å². The molecule has 5 rings (SSSR count). The summed E-state index contributed by atoms with van der Waals surface area (Å²) < 4.78 is 0. The topological polar surface area (TPSA) is 74.3 Å². The Morgan fingerprint density at radius 1 is 1.03 bits per heavy atom. The van der Waals surface area contributed by atoms with Crippen LogP contribution in [0.15, 0.2) is 30.3 Å². The molecular weight excluding hydrogens is 468 g/mol. The molecule has 1 aromatic heterocycles. The molecule has 36 heavy (non-hydrogen) atoms. The third-order valence-electron chi connectivity index (χ3n) is 8.50. The van der Waals surface area contributed by atoms with Crippen molar-refractivity contribution < 1.29 is 9.59 Å². The number of likely N-dealkylation sites (tertiary alicyclic amines) is 1. The van der Waals surface area contributed by atoms with Crippen LogP contribution in [-0.4, -0.2) is 47.4 Å². The number of aromatic nitrogens is 1. The van der Waals surface area contributed by atoms with E-state index in [4.69, 9.17) is 4.98 Å². The van der Waals surface area contributed by atoms with Crippen molar-refractivity contribution in [1.29, 1.82) is 0 Å². The Morgan fingerprint density at radius 3 is 2.56 bits per heavy atom. The standard InChI is InChI=1S/C29H40N4O2S/c1-19(30-2)27(34)32-25(21-13-7-4-8-14-21)29(35)33-18-10-17-24(33)28-31-23-16-9-15-22(26(23)36-28)20-11-5-3-6-12-20/h3,5-6,11-12,19,21-22,24-25,30H,4,7-10,13-18H2,1-2H3,(H,32,34)/t19?,22-,24-,25-/m0/s1. The number of amides is 2. The SMILES string of the molecule is CNC(C)C(=O)N[C@H](C(=O)N1CCC[C@H]1c1nc2c(s1)[C@H](c1ccccc1)CCC2)C1CCCCC1. The van der Waals surface area contributed by atoms with Gasteiger partial charge in [0.2, 0.25) is 11.8 Å². The molecular formula is C29H40N4O2S. The molecule has 0 spiro atoms. The van der Waals surface area contributed by atoms with Gasteiger partial charge in [-0.3, -0.25) is 9.59 Å². The molecule has 0 radical (unpaired) electrons. The van der Waals surface area contributed by atoms with E-state index in [1.54, 1.807) is 7.05 Å². The molecule has 0 bridgehead atoms. The molecule has 1 unspecified atom stereocenters. The number of benzene rings is 1. The van der Waals surface area contributed by atoms with Gasteiger partial charge >= 0.3 is 0 Å². The van der Waals surface area contributed by atoms with Gasteiger partial charge in [0.15, 0.2) is 0 Å². The zero-order valence-corrected chi connectivity index (χ0v) is 22.5. The second kappa shape index (κ2) is 11.4. The predicted molar refractivity (Wildman–Crippen MR) is 144 cm³/mol. The highest BCUT2D eigenvalue weighted by atomic mass is 32.1. The highest BCUT2D eigenvalue weighted by Crippen LogP contribution is 2.44. The number of hydrogen-bond donors (Lipinski definition) is 2. The van der Waals surface area contributed by atoms with Gasteiger partial charge in [0.05, 0.1) is 17.8 Å². The lowest BCUT2D eigenvalue weighted by Gasteiger charge is -2.35. The van der Waals surface area contributed by atoms with Crippen LogP contribution in [-0.2, 0) is 16.0 Å². The van der Waals surface area contributed by atoms with Crippen LogP contribution in [0.25, 0.3) is 0 Å². The predicted octanol–water partition coefficient (Wildman–Crippen LogP) is 4.95. The minimum Gasteiger partial charge on any atom is -0.343 e. The fourth-order valence-corrected chi connectivity index (χ4v) is 7.73. The summed E-state index contributed by atoms with van der Waals surface area (Å²) >= 11 is 1.82. The summed E-state index contributed by atoms with van der Waals surface area (Å²) in [6.07, 6.45) is 10.8. The molecule has 2 aliphatic carbocycles. The van der Waals surface area contributed by atoms with Gasteiger partial charge in [-0.15, -0.1) is 11.3 Å². The van der Waals surface area contributed by atoms with Crippen LogP contribution in [0.1, 0.15) is 97.8 Å². The Kier molecular flexibility index (Phi) is 8.06. The number of nitrogens with zero attached hydrogens (tertiary/aromatic N) is 2. The maximum Gasteiger partial charge on any atom is 0.246 e. The lowest BCUT2D eigenvalue weighted by molar-refractivity contribution is -0.139. The fraction of sp³-hybridized carbons (Fsp3) is 0.621. The van der Waals surface area contributed by atoms with Gasteiger partial charge in [-0.05, 0) is 70.4 Å². The van der Waals surface area contributed by atoms with Crippen molar-refractivity contribution in [3.8, 4) is 0 Å². The molecule has 2 fully saturated rings. The molecule has 1 aliphatic heterocycles. The van der Waals surface area contributed by atoms with E-state index < -0.39 is 6.04 Å². The van der Waals surface area contributed by atoms with Crippen LogP contribution >= 0.6 is 11.3 Å². The minimum absolute atomic E-state index is 0.0224. The molecule has 6 nitrogen and oxygen atoms in total. The van der Waals surface area contributed by atoms with Gasteiger partial charge in [-0.25, -0.2) is 4.98 Å². The number of hydrogen-bond acceptors (Lipinski definition) is 5. The summed E-state index contributed by atoms with van der Waals surface area (Å²) in [5.74, 6) is 0.623. The van der Waals surface area contributed by atoms with Crippen molar-refractivity contribution in [3.63, 3.8) is 0 Å². The molecule has 2 amide bonds. The van der Waals surface area contributed by atoms with Gasteiger partial charge in [-0.2, -0.15) is 0 Å². The molecule has 4 atom stereocenters. The molecule has 2 N–H and O–H groups in total. The number of aryl methyl sites for hydroxylation is 1. The first-order chi connectivity index (χ1) is 17.6. The van der Waals surface area contributed by atoms with Crippen LogP contribution in [0.4, 0.5) is 0 Å². The van der Waals surface area contributed by atoms with Crippen molar-refractivity contribution in [3.05, 3.63) is 51.5 Å². The summed E-state index contributed by atoms with van der Waals surface area (Å²) in [7, 11) is 1.78. The van der Waals surface area contributed by atoms with Crippen molar-refractivity contribution in [2.75, 3.05) is 13.6 Å². The van der Waals surface area contributed by atoms with Crippen molar-refractivity contribution in [2.45, 2.75) is 95.2 Å². The molecule has 1 saturated heterocycles. The summed E-state index contributed by atoms with van der Waals surface area (Å²) in [4.78, 5) is 35.5. The number of rotatable bonds is 7. The summed E-state index contributed by atoms with van der Waals surface area (Å²) in [5.41, 5.74) is 2.60. The third-order valence-corrected chi connectivity index (χ3v) is 9.81. The zero-order valence-electron chi connectivity index (χ0n) is 21.7. The average molecular weight is 509 g/mol. The maximum atomic E-state index is 14.1. The molecule has 194 valence electrons. The van der Waals surface area contributed by atoms with E-state index in [1.165, 1.54) is 22.6 Å². The smallest absolute Gasteiger partial charge is 0.246 e. The number of fused-ring (bicyclic) bond motifs is 1. The molecule has 2 heterocycles. The molecule has 1 aromatic carbocycles. The second-order valence-corrected chi connectivity index (χ2v) is 11.9. The number of carbonyl (C=O) groups excluding carboxylic acids is 2. The van der Waals surface area contributed by atoms with Crippen molar-refractivity contribution >= 4 is 23.2 Å². The van der Waals surface area contributed by atoms with Crippen LogP contribution in [0.5, 0.6) is 0 Å². The first-order valence-corrected chi connectivity index (χ1v) is 14.7. The first-order valence-electron chi connectivity index (χ1n) is 13.9. The van der Waals surface area contributed by atoms with Crippen LogP contribution < -0.4 is 10.6 Å². The lowest BCUT2D eigenvalue weighted by Crippen LogP contribution is -2.55. The largest absolute Gasteiger partial charge is 0.343 e. The van der Waals surface area contributed by atoms with Gasteiger partial charge < -0.3 is 15.5 Å². The van der Waals surface area contributed by atoms with Crippen molar-refractivity contribution in [2.24, 2.45) is 5.92 Å². The van der Waals surface area contributed by atoms with Crippen molar-refractivity contribution in [1.82, 2.24) is 20.5 Å². The van der Waals surface area contributed by atoms with Crippen LogP contribution in [0.2, 0.25) is 0 Å². The molecule has 1 saturated carbocycles. The Labute approximate surface area is 219 Å². The normalized spacial score (nSPS) is 24.2. The van der Waals surface area contributed by atoms with E-state index in [2.05, 4.69) is 41.0 Å². The quantitative estimate of drug-likeness (QED) is 0.555. The van der Waals surface area contributed by atoms with E-state index in [9.17, 15) is 9.59 Å². The first kappa shape index (κ1) is 25.4. The van der Waals surface area contributed by atoms with E-state index in [0.29, 0.717) is 5.92 Å². The molecule has 3 aliphatic rings. The highest BCUT2D eigenvalue weighted by Gasteiger charge is 2.40. The number of nitrogens with one attached hydrogen (secondary N) is 2. The monoisotopic (exact) mass is 508 g/mol. The van der Waals surface area contributed by atoms with Crippen LogP contribution in [0, 0.1) is 5.92 Å². The zero-order chi connectivity index (χ0) is 25.1. The van der Waals surface area contributed by atoms with Gasteiger partial charge in [0.25, 0.3) is 0 Å². The summed E-state index contributed by atoms with van der Waals surface area (Å²) in [5, 5.41) is 7.26. The van der Waals surface area contributed by atoms with E-state index in [0.717, 1.165) is 69.3 Å². The molecule has 7 heteroatoms. The number of thiazole rings is 1. The van der Waals surface area contributed by atoms with Gasteiger partial charge in [0.1, 0.15) is 11.0 Å². The van der Waals surface area contributed by atoms with E-state index in [-0.39, 0.29) is 29.8 Å². The Hall–Kier alpha value is -2.25. The third kappa shape index (κ3) is 5.23. The van der Waals surface area contributed by atoms with E-state index in [1.807, 2.05) is 23.2 Å². The lowest BCUT2D eigenvalue weighted by atomic mass is 9.83. The number of likely N-dealkylation sites (N-methyl/N-ethyl adjacent to an activating group) is 1. The minimum atomic E-state index is -0.444. The maximum absolute atomic E-state index is 14.1.